The van der Waals surface area contributed by atoms with Crippen LogP contribution in [0.4, 0.5) is 18.9 Å². The summed E-state index contributed by atoms with van der Waals surface area (Å²) in [6, 6.07) is 4.15. The first-order chi connectivity index (χ1) is 7.79. The fourth-order valence-corrected chi connectivity index (χ4v) is 1.19. The summed E-state index contributed by atoms with van der Waals surface area (Å²) < 4.78 is 36.7. The molecule has 1 amide bonds. The number of hydrogen-bond donors (Lipinski definition) is 2. The Balaban J connectivity index is 2.69. The Morgan fingerprint density at radius 2 is 1.82 bits per heavy atom. The van der Waals surface area contributed by atoms with Gasteiger partial charge in [-0.05, 0) is 31.2 Å². The van der Waals surface area contributed by atoms with Crippen LogP contribution in [0, 0.1) is 5.41 Å². The molecule has 1 rings (SSSR count). The maximum Gasteiger partial charge on any atom is 0.416 e. The van der Waals surface area contributed by atoms with Crippen LogP contribution < -0.4 is 5.32 Å². The minimum atomic E-state index is -4.38. The van der Waals surface area contributed by atoms with Crippen LogP contribution in [0.1, 0.15) is 18.9 Å². The van der Waals surface area contributed by atoms with Gasteiger partial charge in [0.25, 0.3) is 0 Å². The lowest BCUT2D eigenvalue weighted by atomic mass is 10.2. The minimum absolute atomic E-state index is 0.0684. The van der Waals surface area contributed by atoms with E-state index >= 15 is 0 Å². The smallest absolute Gasteiger partial charge is 0.326 e. The maximum atomic E-state index is 12.2. The van der Waals surface area contributed by atoms with Crippen molar-refractivity contribution in [2.45, 2.75) is 19.5 Å². The van der Waals surface area contributed by atoms with Crippen LogP contribution in [0.15, 0.2) is 24.3 Å². The standard InChI is InChI=1S/C11H11F3N2O/c1-7(15)6-10(17)16-9-4-2-8(3-5-9)11(12,13)14/h2-5,15H,6H2,1H3,(H,16,17). The lowest BCUT2D eigenvalue weighted by Crippen LogP contribution is -2.14. The Kier molecular flexibility index (Phi) is 3.88. The van der Waals surface area contributed by atoms with Crippen molar-refractivity contribution in [3.05, 3.63) is 29.8 Å². The van der Waals surface area contributed by atoms with Crippen molar-refractivity contribution in [1.82, 2.24) is 0 Å². The number of nitrogens with one attached hydrogen (secondary N) is 2. The molecule has 17 heavy (non-hydrogen) atoms. The predicted octanol–water partition coefficient (Wildman–Crippen LogP) is 3.07. The lowest BCUT2D eigenvalue weighted by molar-refractivity contribution is -0.137. The molecule has 0 unspecified atom stereocenters. The fourth-order valence-electron chi connectivity index (χ4n) is 1.19. The Labute approximate surface area is 96.1 Å². The molecule has 0 fully saturated rings. The topological polar surface area (TPSA) is 53.0 Å². The molecule has 3 nitrogen and oxygen atoms in total. The second kappa shape index (κ2) is 4.99. The van der Waals surface area contributed by atoms with Crippen molar-refractivity contribution in [2.75, 3.05) is 5.32 Å². The van der Waals surface area contributed by atoms with E-state index in [1.165, 1.54) is 19.1 Å². The number of hydrogen-bond acceptors (Lipinski definition) is 2. The van der Waals surface area contributed by atoms with E-state index < -0.39 is 17.6 Å². The summed E-state index contributed by atoms with van der Waals surface area (Å²) in [7, 11) is 0. The van der Waals surface area contributed by atoms with Gasteiger partial charge in [0.05, 0.1) is 12.0 Å². The molecule has 0 radical (unpaired) electrons. The van der Waals surface area contributed by atoms with Crippen molar-refractivity contribution in [3.63, 3.8) is 0 Å². The largest absolute Gasteiger partial charge is 0.416 e. The van der Waals surface area contributed by atoms with E-state index in [0.717, 1.165) is 12.1 Å². The van der Waals surface area contributed by atoms with Gasteiger partial charge in [0.2, 0.25) is 5.91 Å². The highest BCUT2D eigenvalue weighted by Gasteiger charge is 2.29. The average molecular weight is 244 g/mol. The molecular weight excluding hydrogens is 233 g/mol. The van der Waals surface area contributed by atoms with Crippen molar-refractivity contribution in [1.29, 1.82) is 5.41 Å². The number of carbonyl (C=O) groups is 1. The van der Waals surface area contributed by atoms with Gasteiger partial charge in [-0.2, -0.15) is 13.2 Å². The van der Waals surface area contributed by atoms with Crippen LogP contribution in [-0.2, 0) is 11.0 Å². The van der Waals surface area contributed by atoms with Gasteiger partial charge in [0, 0.05) is 11.4 Å². The van der Waals surface area contributed by atoms with Gasteiger partial charge < -0.3 is 10.7 Å². The normalized spacial score (nSPS) is 11.1. The summed E-state index contributed by atoms with van der Waals surface area (Å²) in [4.78, 5) is 11.2. The third kappa shape index (κ3) is 4.26. The fraction of sp³-hybridized carbons (Fsp3) is 0.273. The monoisotopic (exact) mass is 244 g/mol. The second-order valence-electron chi connectivity index (χ2n) is 3.58. The molecular formula is C11H11F3N2O. The zero-order chi connectivity index (χ0) is 13.1. The molecule has 1 aromatic carbocycles. The van der Waals surface area contributed by atoms with Gasteiger partial charge in [-0.3, -0.25) is 4.79 Å². The molecule has 0 saturated carbocycles. The van der Waals surface area contributed by atoms with E-state index in [-0.39, 0.29) is 17.8 Å². The number of anilines is 1. The molecule has 0 saturated heterocycles. The highest BCUT2D eigenvalue weighted by Crippen LogP contribution is 2.29. The molecule has 0 spiro atoms. The van der Waals surface area contributed by atoms with E-state index in [2.05, 4.69) is 5.32 Å². The second-order valence-corrected chi connectivity index (χ2v) is 3.58. The van der Waals surface area contributed by atoms with Gasteiger partial charge in [0.1, 0.15) is 0 Å². The van der Waals surface area contributed by atoms with E-state index in [1.807, 2.05) is 0 Å². The quantitative estimate of drug-likeness (QED) is 0.789. The van der Waals surface area contributed by atoms with Crippen molar-refractivity contribution in [3.8, 4) is 0 Å². The first-order valence-corrected chi connectivity index (χ1v) is 4.80. The number of amides is 1. The third-order valence-electron chi connectivity index (χ3n) is 1.92. The van der Waals surface area contributed by atoms with Gasteiger partial charge in [-0.15, -0.1) is 0 Å². The van der Waals surface area contributed by atoms with Gasteiger partial charge in [0.15, 0.2) is 0 Å². The number of alkyl halides is 3. The van der Waals surface area contributed by atoms with Gasteiger partial charge in [-0.1, -0.05) is 0 Å². The van der Waals surface area contributed by atoms with E-state index in [4.69, 9.17) is 5.41 Å². The zero-order valence-corrected chi connectivity index (χ0v) is 9.06. The van der Waals surface area contributed by atoms with E-state index in [1.54, 1.807) is 0 Å². The number of benzene rings is 1. The lowest BCUT2D eigenvalue weighted by Gasteiger charge is -2.08. The molecule has 2 N–H and O–H groups in total. The Bertz CT molecular complexity index is 423. The first kappa shape index (κ1) is 13.2. The molecule has 0 aliphatic carbocycles. The van der Waals surface area contributed by atoms with Crippen LogP contribution in [0.3, 0.4) is 0 Å². The van der Waals surface area contributed by atoms with E-state index in [0.29, 0.717) is 0 Å². The van der Waals surface area contributed by atoms with Crippen LogP contribution in [-0.4, -0.2) is 11.6 Å². The summed E-state index contributed by atoms with van der Waals surface area (Å²) in [6.45, 7) is 1.48. The third-order valence-corrected chi connectivity index (χ3v) is 1.92. The number of carbonyl (C=O) groups excluding carboxylic acids is 1. The molecule has 0 aliphatic rings. The van der Waals surface area contributed by atoms with Crippen molar-refractivity contribution < 1.29 is 18.0 Å². The molecule has 0 aliphatic heterocycles. The van der Waals surface area contributed by atoms with Crippen molar-refractivity contribution in [2.24, 2.45) is 0 Å². The van der Waals surface area contributed by atoms with Crippen LogP contribution in [0.2, 0.25) is 0 Å². The van der Waals surface area contributed by atoms with Gasteiger partial charge >= 0.3 is 6.18 Å². The first-order valence-electron chi connectivity index (χ1n) is 4.80. The molecule has 92 valence electrons. The summed E-state index contributed by atoms with van der Waals surface area (Å²) in [5.74, 6) is -0.419. The molecule has 0 bridgehead atoms. The molecule has 1 aromatic rings. The Morgan fingerprint density at radius 1 is 1.29 bits per heavy atom. The average Bonchev–Trinajstić information content (AvgIpc) is 2.15. The summed E-state index contributed by atoms with van der Waals surface area (Å²) in [6.07, 6.45) is -4.45. The number of rotatable bonds is 3. The molecule has 0 atom stereocenters. The SMILES string of the molecule is CC(=N)CC(=O)Nc1ccc(C(F)(F)F)cc1. The predicted molar refractivity (Wildman–Crippen MR) is 58.1 cm³/mol. The van der Waals surface area contributed by atoms with Crippen LogP contribution in [0.5, 0.6) is 0 Å². The van der Waals surface area contributed by atoms with Gasteiger partial charge in [-0.25, -0.2) is 0 Å². The van der Waals surface area contributed by atoms with Crippen molar-refractivity contribution >= 4 is 17.3 Å². The van der Waals surface area contributed by atoms with E-state index in [9.17, 15) is 18.0 Å². The number of halogens is 3. The van der Waals surface area contributed by atoms with Crippen LogP contribution >= 0.6 is 0 Å². The van der Waals surface area contributed by atoms with Crippen LogP contribution in [0.25, 0.3) is 0 Å². The highest BCUT2D eigenvalue weighted by molar-refractivity contribution is 6.04. The highest BCUT2D eigenvalue weighted by atomic mass is 19.4. The molecule has 0 aromatic heterocycles. The Hall–Kier alpha value is -1.85. The minimum Gasteiger partial charge on any atom is -0.326 e. The maximum absolute atomic E-state index is 12.2. The summed E-state index contributed by atoms with van der Waals surface area (Å²) in [5, 5.41) is 9.50. The summed E-state index contributed by atoms with van der Waals surface area (Å²) in [5.41, 5.74) is -0.294. The summed E-state index contributed by atoms with van der Waals surface area (Å²) >= 11 is 0. The Morgan fingerprint density at radius 3 is 2.24 bits per heavy atom. The zero-order valence-electron chi connectivity index (χ0n) is 9.06. The molecule has 0 heterocycles. The molecule has 6 heteroatoms.